The molecule has 0 aliphatic rings. The highest BCUT2D eigenvalue weighted by molar-refractivity contribution is 7.99. The van der Waals surface area contributed by atoms with Gasteiger partial charge in [-0.25, -0.2) is 0 Å². The summed E-state index contributed by atoms with van der Waals surface area (Å²) in [5.74, 6) is 0.757. The zero-order chi connectivity index (χ0) is 22.2. The standard InChI is InChI=1S/C23H27N5O2S/c1-4-28-21(20(16(2)3)25-22(30)17-11-7-5-8-12-17)26-27-23(28)31-15-19(29)24-18-13-9-6-10-14-18/h5-14,16,20H,4,15H2,1-3H3,(H,24,29)(H,25,30)/t20-/m0/s1. The van der Waals surface area contributed by atoms with Crippen LogP contribution < -0.4 is 10.6 Å². The van der Waals surface area contributed by atoms with Crippen molar-refractivity contribution in [3.63, 3.8) is 0 Å². The van der Waals surface area contributed by atoms with Gasteiger partial charge in [0.2, 0.25) is 5.91 Å². The fourth-order valence-electron chi connectivity index (χ4n) is 3.13. The number of hydrogen-bond acceptors (Lipinski definition) is 5. The first-order valence-corrected chi connectivity index (χ1v) is 11.2. The lowest BCUT2D eigenvalue weighted by Crippen LogP contribution is -2.33. The van der Waals surface area contributed by atoms with Gasteiger partial charge in [-0.15, -0.1) is 10.2 Å². The minimum atomic E-state index is -0.298. The van der Waals surface area contributed by atoms with Crippen molar-refractivity contribution < 1.29 is 9.59 Å². The third-order valence-corrected chi connectivity index (χ3v) is 5.69. The van der Waals surface area contributed by atoms with Gasteiger partial charge in [-0.2, -0.15) is 0 Å². The Kier molecular flexibility index (Phi) is 7.83. The summed E-state index contributed by atoms with van der Waals surface area (Å²) >= 11 is 1.33. The molecule has 0 bridgehead atoms. The number of rotatable bonds is 9. The van der Waals surface area contributed by atoms with Crippen molar-refractivity contribution >= 4 is 29.3 Å². The first kappa shape index (κ1) is 22.6. The maximum Gasteiger partial charge on any atom is 0.251 e. The molecule has 1 atom stereocenters. The summed E-state index contributed by atoms with van der Waals surface area (Å²) in [4.78, 5) is 25.0. The lowest BCUT2D eigenvalue weighted by Gasteiger charge is -2.22. The molecule has 0 fully saturated rings. The summed E-state index contributed by atoms with van der Waals surface area (Å²) in [6.07, 6.45) is 0. The first-order valence-electron chi connectivity index (χ1n) is 10.3. The highest BCUT2D eigenvalue weighted by Crippen LogP contribution is 2.25. The maximum absolute atomic E-state index is 12.7. The molecule has 2 aromatic carbocycles. The molecule has 0 spiro atoms. The Bertz CT molecular complexity index is 1010. The number of hydrogen-bond donors (Lipinski definition) is 2. The molecule has 162 valence electrons. The van der Waals surface area contributed by atoms with Crippen LogP contribution >= 0.6 is 11.8 Å². The molecule has 0 saturated heterocycles. The Morgan fingerprint density at radius 1 is 1.00 bits per heavy atom. The van der Waals surface area contributed by atoms with Crippen LogP contribution in [-0.4, -0.2) is 32.3 Å². The summed E-state index contributed by atoms with van der Waals surface area (Å²) in [5, 5.41) is 15.3. The van der Waals surface area contributed by atoms with E-state index < -0.39 is 0 Å². The Labute approximate surface area is 186 Å². The van der Waals surface area contributed by atoms with Crippen LogP contribution in [-0.2, 0) is 11.3 Å². The van der Waals surface area contributed by atoms with Crippen molar-refractivity contribution in [2.45, 2.75) is 38.5 Å². The van der Waals surface area contributed by atoms with Gasteiger partial charge in [-0.05, 0) is 37.1 Å². The molecule has 0 radical (unpaired) electrons. The van der Waals surface area contributed by atoms with Crippen molar-refractivity contribution in [2.75, 3.05) is 11.1 Å². The second-order valence-electron chi connectivity index (χ2n) is 7.35. The van der Waals surface area contributed by atoms with E-state index in [1.54, 1.807) is 12.1 Å². The van der Waals surface area contributed by atoms with Gasteiger partial charge in [-0.1, -0.05) is 62.0 Å². The molecule has 7 nitrogen and oxygen atoms in total. The van der Waals surface area contributed by atoms with E-state index in [-0.39, 0.29) is 29.5 Å². The molecule has 8 heteroatoms. The van der Waals surface area contributed by atoms with Gasteiger partial charge in [0.25, 0.3) is 5.91 Å². The van der Waals surface area contributed by atoms with Crippen molar-refractivity contribution in [3.05, 3.63) is 72.1 Å². The van der Waals surface area contributed by atoms with Gasteiger partial charge < -0.3 is 15.2 Å². The molecule has 0 aliphatic carbocycles. The van der Waals surface area contributed by atoms with Crippen LogP contribution in [0, 0.1) is 5.92 Å². The summed E-state index contributed by atoms with van der Waals surface area (Å²) < 4.78 is 1.95. The van der Waals surface area contributed by atoms with Crippen LogP contribution in [0.4, 0.5) is 5.69 Å². The number of thioether (sulfide) groups is 1. The summed E-state index contributed by atoms with van der Waals surface area (Å²) in [6, 6.07) is 18.2. The molecule has 3 rings (SSSR count). The average molecular weight is 438 g/mol. The smallest absolute Gasteiger partial charge is 0.251 e. The number of para-hydroxylation sites is 1. The third kappa shape index (κ3) is 5.95. The molecular formula is C23H27N5O2S. The van der Waals surface area contributed by atoms with E-state index in [4.69, 9.17) is 0 Å². The normalized spacial score (nSPS) is 11.9. The zero-order valence-corrected chi connectivity index (χ0v) is 18.7. The lowest BCUT2D eigenvalue weighted by molar-refractivity contribution is -0.113. The number of aromatic nitrogens is 3. The Hall–Kier alpha value is -3.13. The number of anilines is 1. The van der Waals surface area contributed by atoms with Gasteiger partial charge in [0.15, 0.2) is 11.0 Å². The second kappa shape index (κ2) is 10.8. The van der Waals surface area contributed by atoms with E-state index in [2.05, 4.69) is 20.8 Å². The SMILES string of the molecule is CCn1c(SCC(=O)Nc2ccccc2)nnc1[C@@H](NC(=O)c1ccccc1)C(C)C. The van der Waals surface area contributed by atoms with Gasteiger partial charge >= 0.3 is 0 Å². The highest BCUT2D eigenvalue weighted by atomic mass is 32.2. The van der Waals surface area contributed by atoms with E-state index in [9.17, 15) is 9.59 Å². The van der Waals surface area contributed by atoms with Crippen LogP contribution in [0.3, 0.4) is 0 Å². The number of carbonyl (C=O) groups excluding carboxylic acids is 2. The van der Waals surface area contributed by atoms with Gasteiger partial charge in [0.05, 0.1) is 11.8 Å². The van der Waals surface area contributed by atoms with Gasteiger partial charge in [-0.3, -0.25) is 9.59 Å². The van der Waals surface area contributed by atoms with E-state index in [1.165, 1.54) is 11.8 Å². The summed E-state index contributed by atoms with van der Waals surface area (Å²) in [6.45, 7) is 6.70. The number of carbonyl (C=O) groups is 2. The molecule has 2 N–H and O–H groups in total. The van der Waals surface area contributed by atoms with Crippen LogP contribution in [0.5, 0.6) is 0 Å². The zero-order valence-electron chi connectivity index (χ0n) is 17.9. The largest absolute Gasteiger partial charge is 0.342 e. The van der Waals surface area contributed by atoms with Crippen LogP contribution in [0.1, 0.15) is 43.0 Å². The highest BCUT2D eigenvalue weighted by Gasteiger charge is 2.26. The number of nitrogens with zero attached hydrogens (tertiary/aromatic N) is 3. The maximum atomic E-state index is 12.7. The topological polar surface area (TPSA) is 88.9 Å². The Morgan fingerprint density at radius 2 is 1.65 bits per heavy atom. The van der Waals surface area contributed by atoms with E-state index in [1.807, 2.05) is 73.9 Å². The molecule has 1 heterocycles. The molecule has 3 aromatic rings. The number of amides is 2. The number of benzene rings is 2. The molecular weight excluding hydrogens is 410 g/mol. The van der Waals surface area contributed by atoms with Gasteiger partial charge in [0.1, 0.15) is 0 Å². The minimum absolute atomic E-state index is 0.110. The van der Waals surface area contributed by atoms with Crippen molar-refractivity contribution in [2.24, 2.45) is 5.92 Å². The van der Waals surface area contributed by atoms with Crippen LogP contribution in [0.25, 0.3) is 0 Å². The molecule has 0 unspecified atom stereocenters. The monoisotopic (exact) mass is 437 g/mol. The summed E-state index contributed by atoms with van der Waals surface area (Å²) in [7, 11) is 0. The number of nitrogens with one attached hydrogen (secondary N) is 2. The predicted molar refractivity (Wildman–Crippen MR) is 123 cm³/mol. The van der Waals surface area contributed by atoms with E-state index in [0.717, 1.165) is 5.69 Å². The first-order chi connectivity index (χ1) is 15.0. The average Bonchev–Trinajstić information content (AvgIpc) is 3.19. The summed E-state index contributed by atoms with van der Waals surface area (Å²) in [5.41, 5.74) is 1.36. The fourth-order valence-corrected chi connectivity index (χ4v) is 3.94. The molecule has 1 aromatic heterocycles. The van der Waals surface area contributed by atoms with E-state index in [0.29, 0.717) is 23.1 Å². The molecule has 0 aliphatic heterocycles. The Balaban J connectivity index is 1.70. The second-order valence-corrected chi connectivity index (χ2v) is 8.29. The van der Waals surface area contributed by atoms with Crippen molar-refractivity contribution in [1.29, 1.82) is 0 Å². The van der Waals surface area contributed by atoms with Gasteiger partial charge in [0, 0.05) is 17.8 Å². The minimum Gasteiger partial charge on any atom is -0.342 e. The molecule has 0 saturated carbocycles. The van der Waals surface area contributed by atoms with E-state index >= 15 is 0 Å². The van der Waals surface area contributed by atoms with Crippen molar-refractivity contribution in [1.82, 2.24) is 20.1 Å². The van der Waals surface area contributed by atoms with Crippen LogP contribution in [0.15, 0.2) is 65.8 Å². The Morgan fingerprint density at radius 3 is 2.26 bits per heavy atom. The quantitative estimate of drug-likeness (QED) is 0.491. The van der Waals surface area contributed by atoms with Crippen LogP contribution in [0.2, 0.25) is 0 Å². The third-order valence-electron chi connectivity index (χ3n) is 4.72. The fraction of sp³-hybridized carbons (Fsp3) is 0.304. The molecule has 2 amide bonds. The lowest BCUT2D eigenvalue weighted by atomic mass is 10.0. The predicted octanol–water partition coefficient (Wildman–Crippen LogP) is 4.16. The van der Waals surface area contributed by atoms with Crippen molar-refractivity contribution in [3.8, 4) is 0 Å². The molecule has 31 heavy (non-hydrogen) atoms.